The Kier molecular flexibility index (Phi) is 8.11. The summed E-state index contributed by atoms with van der Waals surface area (Å²) in [4.78, 5) is 26.9. The topological polar surface area (TPSA) is 78.9 Å². The number of hydrogen-bond donors (Lipinski definition) is 2. The predicted octanol–water partition coefficient (Wildman–Crippen LogP) is 5.17. The molecule has 2 N–H and O–H groups in total. The molecular formula is C22H21BrN2O4S2. The van der Waals surface area contributed by atoms with Crippen LogP contribution in [0.5, 0.6) is 11.5 Å². The molecule has 0 saturated carbocycles. The van der Waals surface area contributed by atoms with Gasteiger partial charge in [0.15, 0.2) is 0 Å². The summed E-state index contributed by atoms with van der Waals surface area (Å²) in [6.07, 6.45) is 2.36. The van der Waals surface area contributed by atoms with Crippen LogP contribution in [0.1, 0.15) is 25.3 Å². The number of carbonyl (C=O) groups is 2. The molecule has 1 saturated heterocycles. The average molecular weight is 521 g/mol. The van der Waals surface area contributed by atoms with Crippen LogP contribution in [0.15, 0.2) is 51.8 Å². The quantitative estimate of drug-likeness (QED) is 0.369. The van der Waals surface area contributed by atoms with E-state index in [1.807, 2.05) is 6.92 Å². The van der Waals surface area contributed by atoms with E-state index in [1.54, 1.807) is 48.5 Å². The number of amides is 2. The van der Waals surface area contributed by atoms with Gasteiger partial charge in [-0.05, 0) is 61.9 Å². The minimum atomic E-state index is -0.221. The molecule has 0 atom stereocenters. The second-order valence-electron chi connectivity index (χ2n) is 6.65. The fraction of sp³-hybridized carbons (Fsp3) is 0.227. The van der Waals surface area contributed by atoms with Gasteiger partial charge in [-0.15, -0.1) is 0 Å². The molecule has 1 heterocycles. The molecule has 2 aromatic rings. The van der Waals surface area contributed by atoms with Crippen LogP contribution in [0.4, 0.5) is 5.69 Å². The Balaban J connectivity index is 1.52. The zero-order valence-corrected chi connectivity index (χ0v) is 20.0. The first-order valence-electron chi connectivity index (χ1n) is 9.64. The summed E-state index contributed by atoms with van der Waals surface area (Å²) >= 11 is 9.87. The molecule has 1 aliphatic heterocycles. The van der Waals surface area contributed by atoms with Gasteiger partial charge in [0.1, 0.15) is 15.8 Å². The van der Waals surface area contributed by atoms with Gasteiger partial charge in [-0.3, -0.25) is 14.5 Å². The van der Waals surface area contributed by atoms with Gasteiger partial charge in [0.2, 0.25) is 5.91 Å². The molecule has 3 rings (SSSR count). The maximum absolute atomic E-state index is 12.7. The van der Waals surface area contributed by atoms with Crippen LogP contribution in [0.25, 0.3) is 6.08 Å². The van der Waals surface area contributed by atoms with Gasteiger partial charge in [-0.1, -0.05) is 39.9 Å². The van der Waals surface area contributed by atoms with Gasteiger partial charge in [0.25, 0.3) is 5.91 Å². The smallest absolute Gasteiger partial charge is 0.266 e. The monoisotopic (exact) mass is 520 g/mol. The van der Waals surface area contributed by atoms with Gasteiger partial charge >= 0.3 is 0 Å². The van der Waals surface area contributed by atoms with E-state index in [9.17, 15) is 14.7 Å². The van der Waals surface area contributed by atoms with E-state index in [-0.39, 0.29) is 24.0 Å². The normalized spacial score (nSPS) is 14.9. The molecule has 0 unspecified atom stereocenters. The molecule has 31 heavy (non-hydrogen) atoms. The maximum Gasteiger partial charge on any atom is 0.266 e. The van der Waals surface area contributed by atoms with E-state index in [1.165, 1.54) is 16.7 Å². The van der Waals surface area contributed by atoms with Crippen molar-refractivity contribution in [3.8, 4) is 11.5 Å². The van der Waals surface area contributed by atoms with Crippen molar-refractivity contribution < 1.29 is 19.4 Å². The van der Waals surface area contributed by atoms with Crippen molar-refractivity contribution in [2.24, 2.45) is 0 Å². The lowest BCUT2D eigenvalue weighted by molar-refractivity contribution is -0.122. The minimum absolute atomic E-state index is 0.0828. The first-order valence-corrected chi connectivity index (χ1v) is 11.7. The number of benzene rings is 2. The highest BCUT2D eigenvalue weighted by Crippen LogP contribution is 2.34. The summed E-state index contributed by atoms with van der Waals surface area (Å²) in [6, 6.07) is 12.2. The fourth-order valence-electron chi connectivity index (χ4n) is 2.90. The molecule has 2 aromatic carbocycles. The predicted molar refractivity (Wildman–Crippen MR) is 131 cm³/mol. The number of rotatable bonds is 8. The van der Waals surface area contributed by atoms with Crippen LogP contribution in [-0.2, 0) is 9.59 Å². The largest absolute Gasteiger partial charge is 0.507 e. The number of thiocarbonyl (C=S) groups is 1. The third kappa shape index (κ3) is 6.32. The molecule has 6 nitrogen and oxygen atoms in total. The third-order valence-electron chi connectivity index (χ3n) is 4.38. The number of phenolic OH excluding ortho intramolecular Hbond substituents is 1. The Morgan fingerprint density at radius 1 is 1.29 bits per heavy atom. The summed E-state index contributed by atoms with van der Waals surface area (Å²) < 4.78 is 6.62. The van der Waals surface area contributed by atoms with Crippen molar-refractivity contribution in [1.82, 2.24) is 4.90 Å². The van der Waals surface area contributed by atoms with E-state index in [0.29, 0.717) is 40.0 Å². The first kappa shape index (κ1) is 23.3. The van der Waals surface area contributed by atoms with Gasteiger partial charge in [-0.2, -0.15) is 0 Å². The number of hydrogen-bond acceptors (Lipinski definition) is 6. The van der Waals surface area contributed by atoms with E-state index in [2.05, 4.69) is 21.2 Å². The Hall–Kier alpha value is -2.36. The van der Waals surface area contributed by atoms with Crippen LogP contribution in [-0.4, -0.2) is 39.3 Å². The van der Waals surface area contributed by atoms with E-state index < -0.39 is 0 Å². The summed E-state index contributed by atoms with van der Waals surface area (Å²) in [6.45, 7) is 2.85. The zero-order chi connectivity index (χ0) is 22.4. The van der Waals surface area contributed by atoms with Crippen LogP contribution >= 0.6 is 39.9 Å². The molecular weight excluding hydrogens is 500 g/mol. The van der Waals surface area contributed by atoms with Crippen molar-refractivity contribution in [2.75, 3.05) is 18.5 Å². The van der Waals surface area contributed by atoms with Crippen molar-refractivity contribution in [1.29, 1.82) is 0 Å². The number of thioether (sulfide) groups is 1. The molecule has 0 aliphatic carbocycles. The van der Waals surface area contributed by atoms with Crippen LogP contribution in [0.2, 0.25) is 0 Å². The van der Waals surface area contributed by atoms with Crippen molar-refractivity contribution >= 4 is 67.8 Å². The number of phenols is 1. The SMILES string of the molecule is CCOc1ccc(NC(=O)CCCN2C(=O)/C(=C/c3cc(Br)ccc3O)SC2=S)cc1. The minimum Gasteiger partial charge on any atom is -0.507 e. The summed E-state index contributed by atoms with van der Waals surface area (Å²) in [5.41, 5.74) is 1.22. The summed E-state index contributed by atoms with van der Waals surface area (Å²) in [5, 5.41) is 12.8. The third-order valence-corrected chi connectivity index (χ3v) is 6.26. The number of ether oxygens (including phenoxy) is 1. The number of anilines is 1. The van der Waals surface area contributed by atoms with Crippen LogP contribution < -0.4 is 10.1 Å². The zero-order valence-electron chi connectivity index (χ0n) is 16.8. The van der Waals surface area contributed by atoms with E-state index >= 15 is 0 Å². The van der Waals surface area contributed by atoms with E-state index in [0.717, 1.165) is 10.2 Å². The Bertz CT molecular complexity index is 1020. The highest BCUT2D eigenvalue weighted by Gasteiger charge is 2.31. The van der Waals surface area contributed by atoms with E-state index in [4.69, 9.17) is 17.0 Å². The summed E-state index contributed by atoms with van der Waals surface area (Å²) in [7, 11) is 0. The van der Waals surface area contributed by atoms with Crippen molar-refractivity contribution in [3.05, 3.63) is 57.4 Å². The molecule has 1 aliphatic rings. The molecule has 162 valence electrons. The number of nitrogens with zero attached hydrogens (tertiary/aromatic N) is 1. The lowest BCUT2D eigenvalue weighted by Gasteiger charge is -2.14. The highest BCUT2D eigenvalue weighted by molar-refractivity contribution is 9.10. The standard InChI is InChI=1S/C22H21BrN2O4S2/c1-2-29-17-8-6-16(7-9-17)24-20(27)4-3-11-25-21(28)19(31-22(25)30)13-14-12-15(23)5-10-18(14)26/h5-10,12-13,26H,2-4,11H2,1H3,(H,24,27)/b19-13-. The van der Waals surface area contributed by atoms with Crippen molar-refractivity contribution in [3.63, 3.8) is 0 Å². The number of carbonyl (C=O) groups excluding carboxylic acids is 2. The van der Waals surface area contributed by atoms with Gasteiger partial charge < -0.3 is 15.2 Å². The maximum atomic E-state index is 12.7. The average Bonchev–Trinajstić information content (AvgIpc) is 3.00. The molecule has 2 amide bonds. The second kappa shape index (κ2) is 10.8. The molecule has 9 heteroatoms. The molecule has 0 aromatic heterocycles. The van der Waals surface area contributed by atoms with Crippen molar-refractivity contribution in [2.45, 2.75) is 19.8 Å². The lowest BCUT2D eigenvalue weighted by atomic mass is 10.2. The summed E-state index contributed by atoms with van der Waals surface area (Å²) in [5.74, 6) is 0.476. The molecule has 0 bridgehead atoms. The number of aromatic hydroxyl groups is 1. The van der Waals surface area contributed by atoms with Crippen LogP contribution in [0, 0.1) is 0 Å². The Morgan fingerprint density at radius 2 is 2.03 bits per heavy atom. The molecule has 1 fully saturated rings. The Morgan fingerprint density at radius 3 is 2.74 bits per heavy atom. The van der Waals surface area contributed by atoms with Crippen LogP contribution in [0.3, 0.4) is 0 Å². The Labute approximate surface area is 198 Å². The molecule has 0 spiro atoms. The number of nitrogens with one attached hydrogen (secondary N) is 1. The molecule has 0 radical (unpaired) electrons. The lowest BCUT2D eigenvalue weighted by Crippen LogP contribution is -2.29. The second-order valence-corrected chi connectivity index (χ2v) is 9.24. The van der Waals surface area contributed by atoms with Gasteiger partial charge in [0, 0.05) is 28.7 Å². The van der Waals surface area contributed by atoms with Gasteiger partial charge in [-0.25, -0.2) is 0 Å². The fourth-order valence-corrected chi connectivity index (χ4v) is 4.58. The van der Waals surface area contributed by atoms with Gasteiger partial charge in [0.05, 0.1) is 11.5 Å². The number of halogens is 1. The first-order chi connectivity index (χ1) is 14.9. The highest BCUT2D eigenvalue weighted by atomic mass is 79.9.